The molecule has 8 nitrogen and oxygen atoms in total. The van der Waals surface area contributed by atoms with E-state index in [-0.39, 0.29) is 5.91 Å². The minimum absolute atomic E-state index is 0.108. The second kappa shape index (κ2) is 8.60. The third kappa shape index (κ3) is 4.38. The first-order chi connectivity index (χ1) is 14.6. The molecule has 152 valence electrons. The Morgan fingerprint density at radius 3 is 2.40 bits per heavy atom. The quantitative estimate of drug-likeness (QED) is 0.638. The summed E-state index contributed by atoms with van der Waals surface area (Å²) in [7, 11) is 0. The van der Waals surface area contributed by atoms with E-state index in [1.54, 1.807) is 76.6 Å². The van der Waals surface area contributed by atoms with Crippen LogP contribution in [-0.4, -0.2) is 40.7 Å². The Balaban J connectivity index is 1.28. The lowest BCUT2D eigenvalue weighted by Crippen LogP contribution is -2.23. The van der Waals surface area contributed by atoms with Gasteiger partial charge in [0.15, 0.2) is 6.61 Å². The van der Waals surface area contributed by atoms with Gasteiger partial charge in [-0.05, 0) is 61.0 Å². The highest BCUT2D eigenvalue weighted by Gasteiger charge is 2.21. The number of nitrogens with one attached hydrogen (secondary N) is 1. The van der Waals surface area contributed by atoms with Crippen molar-refractivity contribution in [1.82, 2.24) is 9.78 Å². The lowest BCUT2D eigenvalue weighted by Gasteiger charge is -2.16. The van der Waals surface area contributed by atoms with Crippen molar-refractivity contribution in [1.29, 1.82) is 0 Å². The monoisotopic (exact) mass is 404 g/mol. The number of benzene rings is 2. The second-order valence-electron chi connectivity index (χ2n) is 6.82. The Morgan fingerprint density at radius 1 is 1.03 bits per heavy atom. The molecule has 4 rings (SSSR count). The molecule has 0 saturated carbocycles. The third-order valence-electron chi connectivity index (χ3n) is 4.74. The van der Waals surface area contributed by atoms with Gasteiger partial charge in [0.05, 0.1) is 11.3 Å². The molecule has 8 heteroatoms. The highest BCUT2D eigenvalue weighted by molar-refractivity contribution is 5.97. The van der Waals surface area contributed by atoms with Crippen molar-refractivity contribution < 1.29 is 19.1 Å². The summed E-state index contributed by atoms with van der Waals surface area (Å²) in [4.78, 5) is 37.8. The van der Waals surface area contributed by atoms with Crippen molar-refractivity contribution in [3.8, 4) is 5.69 Å². The van der Waals surface area contributed by atoms with Crippen molar-refractivity contribution in [2.45, 2.75) is 12.8 Å². The molecule has 1 saturated heterocycles. The smallest absolute Gasteiger partial charge is 0.338 e. The van der Waals surface area contributed by atoms with Gasteiger partial charge in [0, 0.05) is 36.7 Å². The number of hydrogen-bond acceptors (Lipinski definition) is 5. The summed E-state index contributed by atoms with van der Waals surface area (Å²) >= 11 is 0. The molecule has 0 unspecified atom stereocenters. The molecule has 1 fully saturated rings. The zero-order valence-corrected chi connectivity index (χ0v) is 16.2. The van der Waals surface area contributed by atoms with Crippen LogP contribution in [0, 0.1) is 0 Å². The predicted octanol–water partition coefficient (Wildman–Crippen LogP) is 2.79. The van der Waals surface area contributed by atoms with Crippen LogP contribution in [0.25, 0.3) is 5.69 Å². The number of carbonyl (C=O) groups excluding carboxylic acids is 3. The molecule has 0 aliphatic carbocycles. The molecule has 3 aromatic rings. The zero-order chi connectivity index (χ0) is 20.9. The van der Waals surface area contributed by atoms with Crippen LogP contribution in [0.4, 0.5) is 11.4 Å². The van der Waals surface area contributed by atoms with Gasteiger partial charge in [0.25, 0.3) is 5.91 Å². The molecular weight excluding hydrogens is 384 g/mol. The molecule has 1 aliphatic rings. The first-order valence-corrected chi connectivity index (χ1v) is 9.58. The van der Waals surface area contributed by atoms with E-state index >= 15 is 0 Å². The summed E-state index contributed by atoms with van der Waals surface area (Å²) in [5.74, 6) is -0.919. The Bertz CT molecular complexity index is 1040. The molecule has 30 heavy (non-hydrogen) atoms. The summed E-state index contributed by atoms with van der Waals surface area (Å²) in [5, 5.41) is 6.79. The Labute approximate surface area is 173 Å². The highest BCUT2D eigenvalue weighted by atomic mass is 16.5. The lowest BCUT2D eigenvalue weighted by molar-refractivity contribution is -0.119. The summed E-state index contributed by atoms with van der Waals surface area (Å²) in [5.41, 5.74) is 2.53. The van der Waals surface area contributed by atoms with Gasteiger partial charge in [-0.25, -0.2) is 9.48 Å². The van der Waals surface area contributed by atoms with E-state index in [1.807, 2.05) is 0 Å². The molecule has 1 aromatic heterocycles. The van der Waals surface area contributed by atoms with E-state index in [1.165, 1.54) is 0 Å². The third-order valence-corrected chi connectivity index (χ3v) is 4.74. The number of esters is 1. The van der Waals surface area contributed by atoms with E-state index in [4.69, 9.17) is 4.74 Å². The van der Waals surface area contributed by atoms with Crippen molar-refractivity contribution in [2.75, 3.05) is 23.4 Å². The van der Waals surface area contributed by atoms with E-state index in [0.29, 0.717) is 24.2 Å². The zero-order valence-electron chi connectivity index (χ0n) is 16.2. The normalized spacial score (nSPS) is 13.3. The fourth-order valence-electron chi connectivity index (χ4n) is 3.23. The van der Waals surface area contributed by atoms with Crippen molar-refractivity contribution in [3.63, 3.8) is 0 Å². The van der Waals surface area contributed by atoms with Crippen LogP contribution in [0.3, 0.4) is 0 Å². The average Bonchev–Trinajstić information content (AvgIpc) is 3.45. The standard InChI is InChI=1S/C22H20N4O4/c27-20(24-17-6-10-18(11-7-17)25-13-1-3-21(25)28)15-30-22(29)16-4-8-19(9-5-16)26-14-2-12-23-26/h2,4-12,14H,1,3,13,15H2,(H,24,27). The fraction of sp³-hybridized carbons (Fsp3) is 0.182. The van der Waals surface area contributed by atoms with Crippen LogP contribution in [0.15, 0.2) is 67.0 Å². The molecule has 0 radical (unpaired) electrons. The molecular formula is C22H20N4O4. The van der Waals surface area contributed by atoms with Gasteiger partial charge in [-0.15, -0.1) is 0 Å². The number of anilines is 2. The molecule has 0 spiro atoms. The number of ether oxygens (including phenoxy) is 1. The van der Waals surface area contributed by atoms with E-state index < -0.39 is 18.5 Å². The van der Waals surface area contributed by atoms with Crippen molar-refractivity contribution in [3.05, 3.63) is 72.6 Å². The van der Waals surface area contributed by atoms with Crippen LogP contribution >= 0.6 is 0 Å². The molecule has 2 aromatic carbocycles. The van der Waals surface area contributed by atoms with Gasteiger partial charge in [-0.1, -0.05) is 0 Å². The molecule has 2 amide bonds. The van der Waals surface area contributed by atoms with E-state index in [2.05, 4.69) is 10.4 Å². The Hall–Kier alpha value is -3.94. The number of amides is 2. The predicted molar refractivity (Wildman–Crippen MR) is 111 cm³/mol. The maximum Gasteiger partial charge on any atom is 0.338 e. The van der Waals surface area contributed by atoms with Gasteiger partial charge in [-0.3, -0.25) is 9.59 Å². The van der Waals surface area contributed by atoms with Gasteiger partial charge in [-0.2, -0.15) is 5.10 Å². The Kier molecular flexibility index (Phi) is 5.56. The van der Waals surface area contributed by atoms with Gasteiger partial charge >= 0.3 is 5.97 Å². The lowest BCUT2D eigenvalue weighted by atomic mass is 10.2. The van der Waals surface area contributed by atoms with Crippen LogP contribution in [0.2, 0.25) is 0 Å². The van der Waals surface area contributed by atoms with Crippen molar-refractivity contribution in [2.24, 2.45) is 0 Å². The van der Waals surface area contributed by atoms with Crippen molar-refractivity contribution >= 4 is 29.2 Å². The molecule has 0 bridgehead atoms. The van der Waals surface area contributed by atoms with Gasteiger partial charge in [0.2, 0.25) is 5.91 Å². The van der Waals surface area contributed by atoms with Gasteiger partial charge < -0.3 is 15.0 Å². The summed E-state index contributed by atoms with van der Waals surface area (Å²) in [6.07, 6.45) is 4.89. The minimum Gasteiger partial charge on any atom is -0.452 e. The highest BCUT2D eigenvalue weighted by Crippen LogP contribution is 2.23. The largest absolute Gasteiger partial charge is 0.452 e. The number of hydrogen-bond donors (Lipinski definition) is 1. The average molecular weight is 404 g/mol. The number of carbonyl (C=O) groups is 3. The topological polar surface area (TPSA) is 93.5 Å². The summed E-state index contributed by atoms with van der Waals surface area (Å²) in [6, 6.07) is 15.5. The first kappa shape index (κ1) is 19.4. The van der Waals surface area contributed by atoms with Crippen LogP contribution in [0.1, 0.15) is 23.2 Å². The minimum atomic E-state index is -0.583. The molecule has 2 heterocycles. The van der Waals surface area contributed by atoms with Crippen LogP contribution in [-0.2, 0) is 14.3 Å². The number of aromatic nitrogens is 2. The first-order valence-electron chi connectivity index (χ1n) is 9.58. The van der Waals surface area contributed by atoms with E-state index in [9.17, 15) is 14.4 Å². The molecule has 1 N–H and O–H groups in total. The van der Waals surface area contributed by atoms with Crippen LogP contribution < -0.4 is 10.2 Å². The maximum atomic E-state index is 12.2. The SMILES string of the molecule is O=C(COC(=O)c1ccc(-n2cccn2)cc1)Nc1ccc(N2CCCC2=O)cc1. The summed E-state index contributed by atoms with van der Waals surface area (Å²) < 4.78 is 6.76. The fourth-order valence-corrected chi connectivity index (χ4v) is 3.23. The van der Waals surface area contributed by atoms with Gasteiger partial charge in [0.1, 0.15) is 0 Å². The second-order valence-corrected chi connectivity index (χ2v) is 6.82. The number of rotatable bonds is 6. The maximum absolute atomic E-state index is 12.2. The number of nitrogens with zero attached hydrogens (tertiary/aromatic N) is 3. The Morgan fingerprint density at radius 2 is 1.77 bits per heavy atom. The molecule has 0 atom stereocenters. The molecule has 1 aliphatic heterocycles. The van der Waals surface area contributed by atoms with Crippen LogP contribution in [0.5, 0.6) is 0 Å². The van der Waals surface area contributed by atoms with E-state index in [0.717, 1.165) is 17.8 Å². The summed E-state index contributed by atoms with van der Waals surface area (Å²) in [6.45, 7) is 0.315.